The lowest BCUT2D eigenvalue weighted by Crippen LogP contribution is -2.31. The molecule has 1 saturated heterocycles. The highest BCUT2D eigenvalue weighted by atomic mass is 32.2. The molecule has 7 nitrogen and oxygen atoms in total. The Labute approximate surface area is 174 Å². The van der Waals surface area contributed by atoms with Gasteiger partial charge in [-0.15, -0.1) is 0 Å². The van der Waals surface area contributed by atoms with Crippen molar-refractivity contribution in [1.82, 2.24) is 14.4 Å². The van der Waals surface area contributed by atoms with Crippen molar-refractivity contribution < 1.29 is 35.2 Å². The molecule has 1 atom stereocenters. The third-order valence-electron chi connectivity index (χ3n) is 4.65. The Morgan fingerprint density at radius 3 is 2.45 bits per heavy atom. The minimum atomic E-state index is -4.73. The van der Waals surface area contributed by atoms with Gasteiger partial charge in [0.15, 0.2) is 0 Å². The van der Waals surface area contributed by atoms with E-state index in [0.717, 1.165) is 10.4 Å². The molecule has 0 N–H and O–H groups in total. The Morgan fingerprint density at radius 2 is 1.81 bits per heavy atom. The Kier molecular flexibility index (Phi) is 5.43. The van der Waals surface area contributed by atoms with Gasteiger partial charge in [0.05, 0.1) is 6.54 Å². The fourth-order valence-electron chi connectivity index (χ4n) is 3.14. The lowest BCUT2D eigenvalue weighted by molar-refractivity contribution is -0.159. The Balaban J connectivity index is 1.42. The molecule has 0 spiro atoms. The van der Waals surface area contributed by atoms with Crippen LogP contribution in [0.15, 0.2) is 57.9 Å². The van der Waals surface area contributed by atoms with Gasteiger partial charge >= 0.3 is 12.1 Å². The fourth-order valence-corrected chi connectivity index (χ4v) is 4.69. The summed E-state index contributed by atoms with van der Waals surface area (Å²) in [4.78, 5) is 2.92. The average molecular weight is 457 g/mol. The number of sulfonamides is 1. The highest BCUT2D eigenvalue weighted by molar-refractivity contribution is 7.89. The van der Waals surface area contributed by atoms with Crippen molar-refractivity contribution >= 4 is 10.0 Å². The summed E-state index contributed by atoms with van der Waals surface area (Å²) in [5.41, 5.74) is 0.293. The van der Waals surface area contributed by atoms with Gasteiger partial charge in [0.2, 0.25) is 15.8 Å². The van der Waals surface area contributed by atoms with Crippen LogP contribution in [0.4, 0.5) is 17.6 Å². The maximum atomic E-state index is 13.9. The topological polar surface area (TPSA) is 85.5 Å². The Bertz CT molecular complexity index is 1180. The molecule has 0 radical (unpaired) electrons. The second-order valence-corrected chi connectivity index (χ2v) is 8.67. The van der Waals surface area contributed by atoms with Gasteiger partial charge in [0.1, 0.15) is 22.6 Å². The second-order valence-electron chi connectivity index (χ2n) is 6.77. The van der Waals surface area contributed by atoms with E-state index in [0.29, 0.717) is 17.7 Å². The van der Waals surface area contributed by atoms with E-state index in [2.05, 4.69) is 14.7 Å². The molecular weight excluding hydrogens is 442 g/mol. The standard InChI is InChI=1S/C19H15F4N3O4S/c20-15-3-1-2-4-16(15)31(27,28)26-10-9-14(11-26)29-13-7-5-12(6-8-13)17-24-18(30-25-17)19(21,22)23/h1-8,14H,9-11H2. The van der Waals surface area contributed by atoms with E-state index < -0.39 is 38.9 Å². The number of hydrogen-bond acceptors (Lipinski definition) is 6. The van der Waals surface area contributed by atoms with Gasteiger partial charge in [0.25, 0.3) is 0 Å². The maximum Gasteiger partial charge on any atom is 0.471 e. The smallest absolute Gasteiger partial charge is 0.471 e. The number of rotatable bonds is 5. The van der Waals surface area contributed by atoms with E-state index in [9.17, 15) is 26.0 Å². The number of aromatic nitrogens is 2. The Morgan fingerprint density at radius 1 is 1.10 bits per heavy atom. The molecule has 31 heavy (non-hydrogen) atoms. The lowest BCUT2D eigenvalue weighted by atomic mass is 10.2. The van der Waals surface area contributed by atoms with E-state index in [1.54, 1.807) is 0 Å². The summed E-state index contributed by atoms with van der Waals surface area (Å²) >= 11 is 0. The predicted molar refractivity (Wildman–Crippen MR) is 98.9 cm³/mol. The van der Waals surface area contributed by atoms with Gasteiger partial charge in [-0.1, -0.05) is 17.3 Å². The molecule has 1 aliphatic rings. The van der Waals surface area contributed by atoms with Crippen molar-refractivity contribution in [3.8, 4) is 17.1 Å². The predicted octanol–water partition coefficient (Wildman–Crippen LogP) is 3.74. The van der Waals surface area contributed by atoms with Gasteiger partial charge in [-0.25, -0.2) is 12.8 Å². The third-order valence-corrected chi connectivity index (χ3v) is 6.54. The molecule has 0 aliphatic carbocycles. The molecule has 1 aromatic heterocycles. The van der Waals surface area contributed by atoms with Crippen LogP contribution >= 0.6 is 0 Å². The Hall–Kier alpha value is -2.99. The van der Waals surface area contributed by atoms with E-state index in [1.165, 1.54) is 42.5 Å². The van der Waals surface area contributed by atoms with Crippen molar-refractivity contribution in [2.24, 2.45) is 0 Å². The number of hydrogen-bond donors (Lipinski definition) is 0. The monoisotopic (exact) mass is 457 g/mol. The summed E-state index contributed by atoms with van der Waals surface area (Å²) < 4.78 is 88.1. The molecule has 1 unspecified atom stereocenters. The molecule has 1 aliphatic heterocycles. The van der Waals surface area contributed by atoms with E-state index in [1.807, 2.05) is 0 Å². The van der Waals surface area contributed by atoms with Crippen molar-refractivity contribution in [1.29, 1.82) is 0 Å². The third kappa shape index (κ3) is 4.39. The number of benzene rings is 2. The van der Waals surface area contributed by atoms with Crippen molar-refractivity contribution in [2.75, 3.05) is 13.1 Å². The van der Waals surface area contributed by atoms with Crippen LogP contribution in [0.25, 0.3) is 11.4 Å². The van der Waals surface area contributed by atoms with Gasteiger partial charge < -0.3 is 9.26 Å². The molecule has 0 bridgehead atoms. The molecule has 1 fully saturated rings. The summed E-state index contributed by atoms with van der Waals surface area (Å²) in [6.07, 6.45) is -4.80. The second kappa shape index (κ2) is 7.93. The van der Waals surface area contributed by atoms with Crippen LogP contribution in [0.3, 0.4) is 0 Å². The molecule has 2 heterocycles. The van der Waals surface area contributed by atoms with Gasteiger partial charge in [-0.2, -0.15) is 22.5 Å². The quantitative estimate of drug-likeness (QED) is 0.543. The van der Waals surface area contributed by atoms with Gasteiger partial charge in [-0.3, -0.25) is 0 Å². The first-order valence-electron chi connectivity index (χ1n) is 9.07. The highest BCUT2D eigenvalue weighted by Gasteiger charge is 2.38. The maximum absolute atomic E-state index is 13.9. The first-order valence-corrected chi connectivity index (χ1v) is 10.5. The van der Waals surface area contributed by atoms with E-state index >= 15 is 0 Å². The first-order chi connectivity index (χ1) is 14.6. The van der Waals surface area contributed by atoms with Crippen LogP contribution in [-0.4, -0.2) is 42.1 Å². The summed E-state index contributed by atoms with van der Waals surface area (Å²) in [7, 11) is -3.99. The summed E-state index contributed by atoms with van der Waals surface area (Å²) in [5, 5.41) is 3.31. The number of ether oxygens (including phenoxy) is 1. The van der Waals surface area contributed by atoms with Crippen LogP contribution in [0.2, 0.25) is 0 Å². The minimum Gasteiger partial charge on any atom is -0.489 e. The van der Waals surface area contributed by atoms with E-state index in [-0.39, 0.29) is 18.9 Å². The zero-order valence-electron chi connectivity index (χ0n) is 15.7. The largest absolute Gasteiger partial charge is 0.489 e. The number of nitrogens with zero attached hydrogens (tertiary/aromatic N) is 3. The SMILES string of the molecule is O=S(=O)(c1ccccc1F)N1CCC(Oc2ccc(-c3noc(C(F)(F)F)n3)cc2)C1. The van der Waals surface area contributed by atoms with Crippen LogP contribution in [0.1, 0.15) is 12.3 Å². The molecular formula is C19H15F4N3O4S. The molecule has 2 aromatic carbocycles. The normalized spacial score (nSPS) is 17.7. The van der Waals surface area contributed by atoms with Crippen LogP contribution in [0.5, 0.6) is 5.75 Å². The van der Waals surface area contributed by atoms with Crippen LogP contribution in [0, 0.1) is 5.82 Å². The highest BCUT2D eigenvalue weighted by Crippen LogP contribution is 2.30. The summed E-state index contributed by atoms with van der Waals surface area (Å²) in [5.74, 6) is -2.09. The van der Waals surface area contributed by atoms with Crippen molar-refractivity contribution in [3.63, 3.8) is 0 Å². The minimum absolute atomic E-state index is 0.0399. The molecule has 0 amide bonds. The molecule has 4 rings (SSSR count). The molecule has 0 saturated carbocycles. The average Bonchev–Trinajstić information content (AvgIpc) is 3.39. The zero-order chi connectivity index (χ0) is 22.2. The molecule has 164 valence electrons. The summed E-state index contributed by atoms with van der Waals surface area (Å²) in [6, 6.07) is 11.1. The fraction of sp³-hybridized carbons (Fsp3) is 0.263. The first kappa shape index (κ1) is 21.2. The van der Waals surface area contributed by atoms with Crippen molar-refractivity contribution in [3.05, 3.63) is 60.2 Å². The number of alkyl halides is 3. The van der Waals surface area contributed by atoms with Crippen LogP contribution in [-0.2, 0) is 16.2 Å². The zero-order valence-corrected chi connectivity index (χ0v) is 16.5. The summed E-state index contributed by atoms with van der Waals surface area (Å²) in [6.45, 7) is 0.209. The van der Waals surface area contributed by atoms with E-state index in [4.69, 9.17) is 4.74 Å². The van der Waals surface area contributed by atoms with Crippen molar-refractivity contribution in [2.45, 2.75) is 23.6 Å². The number of halogens is 4. The van der Waals surface area contributed by atoms with Crippen LogP contribution < -0.4 is 4.74 Å². The molecule has 3 aromatic rings. The van der Waals surface area contributed by atoms with Gasteiger partial charge in [-0.05, 0) is 42.8 Å². The molecule has 12 heteroatoms. The lowest BCUT2D eigenvalue weighted by Gasteiger charge is -2.17. The van der Waals surface area contributed by atoms with Gasteiger partial charge in [0, 0.05) is 12.1 Å².